The highest BCUT2D eigenvalue weighted by atomic mass is 35.5. The van der Waals surface area contributed by atoms with Gasteiger partial charge in [0.1, 0.15) is 0 Å². The third-order valence-electron chi connectivity index (χ3n) is 3.70. The number of benzene rings is 1. The fourth-order valence-corrected chi connectivity index (χ4v) is 2.91. The van der Waals surface area contributed by atoms with E-state index in [9.17, 15) is 13.5 Å². The SMILES string of the molecule is CC(C)C(C)(O)CNS(=O)(=O)c1ccc(CCCCl)cc1. The van der Waals surface area contributed by atoms with E-state index < -0.39 is 15.6 Å². The molecule has 0 aliphatic rings. The van der Waals surface area contributed by atoms with Crippen LogP contribution in [0.3, 0.4) is 0 Å². The van der Waals surface area contributed by atoms with Gasteiger partial charge in [-0.05, 0) is 43.4 Å². The smallest absolute Gasteiger partial charge is 0.240 e. The van der Waals surface area contributed by atoms with Crippen LogP contribution in [0.15, 0.2) is 29.2 Å². The van der Waals surface area contributed by atoms with Crippen molar-refractivity contribution in [2.45, 2.75) is 44.1 Å². The van der Waals surface area contributed by atoms with Crippen LogP contribution in [0.2, 0.25) is 0 Å². The van der Waals surface area contributed by atoms with Gasteiger partial charge in [-0.25, -0.2) is 13.1 Å². The van der Waals surface area contributed by atoms with Crippen molar-refractivity contribution in [2.24, 2.45) is 5.92 Å². The molecule has 0 aliphatic carbocycles. The summed E-state index contributed by atoms with van der Waals surface area (Å²) in [5.41, 5.74) is -0.0170. The van der Waals surface area contributed by atoms with Gasteiger partial charge in [0, 0.05) is 12.4 Å². The van der Waals surface area contributed by atoms with E-state index in [1.165, 1.54) is 0 Å². The molecular formula is C15H24ClNO3S. The molecule has 1 atom stereocenters. The van der Waals surface area contributed by atoms with Crippen molar-refractivity contribution in [2.75, 3.05) is 12.4 Å². The summed E-state index contributed by atoms with van der Waals surface area (Å²) in [5, 5.41) is 10.1. The zero-order valence-corrected chi connectivity index (χ0v) is 14.3. The Bertz CT molecular complexity index is 539. The third-order valence-corrected chi connectivity index (χ3v) is 5.38. The molecule has 1 aromatic carbocycles. The van der Waals surface area contributed by atoms with Gasteiger partial charge in [0.2, 0.25) is 10.0 Å². The van der Waals surface area contributed by atoms with Gasteiger partial charge in [-0.15, -0.1) is 11.6 Å². The molecule has 0 amide bonds. The Kier molecular flexibility index (Phi) is 6.66. The van der Waals surface area contributed by atoms with Gasteiger partial charge in [-0.3, -0.25) is 0 Å². The molecule has 0 fully saturated rings. The van der Waals surface area contributed by atoms with E-state index in [4.69, 9.17) is 11.6 Å². The monoisotopic (exact) mass is 333 g/mol. The molecule has 4 nitrogen and oxygen atoms in total. The summed E-state index contributed by atoms with van der Waals surface area (Å²) in [6.07, 6.45) is 1.70. The van der Waals surface area contributed by atoms with Gasteiger partial charge < -0.3 is 5.11 Å². The van der Waals surface area contributed by atoms with Crippen LogP contribution in [0.25, 0.3) is 0 Å². The lowest BCUT2D eigenvalue weighted by Crippen LogP contribution is -2.44. The third kappa shape index (κ3) is 5.58. The molecule has 6 heteroatoms. The number of halogens is 1. The predicted octanol–water partition coefficient (Wildman–Crippen LogP) is 2.54. The Morgan fingerprint density at radius 3 is 2.33 bits per heavy atom. The van der Waals surface area contributed by atoms with Gasteiger partial charge in [-0.1, -0.05) is 26.0 Å². The molecule has 1 rings (SSSR count). The number of sulfonamides is 1. The summed E-state index contributed by atoms with van der Waals surface area (Å²) in [7, 11) is -3.60. The zero-order chi connectivity index (χ0) is 16.1. The van der Waals surface area contributed by atoms with Crippen LogP contribution in [0, 0.1) is 5.92 Å². The molecule has 0 saturated heterocycles. The molecular weight excluding hydrogens is 310 g/mol. The Hall–Kier alpha value is -0.620. The normalized spacial score (nSPS) is 15.1. The first kappa shape index (κ1) is 18.4. The Morgan fingerprint density at radius 2 is 1.86 bits per heavy atom. The molecule has 1 unspecified atom stereocenters. The number of hydrogen-bond donors (Lipinski definition) is 2. The summed E-state index contributed by atoms with van der Waals surface area (Å²) >= 11 is 5.64. The quantitative estimate of drug-likeness (QED) is 0.718. The van der Waals surface area contributed by atoms with E-state index in [-0.39, 0.29) is 17.4 Å². The summed E-state index contributed by atoms with van der Waals surface area (Å²) in [6.45, 7) is 5.30. The fourth-order valence-electron chi connectivity index (χ4n) is 1.63. The van der Waals surface area contributed by atoms with Crippen LogP contribution in [-0.4, -0.2) is 31.6 Å². The molecule has 0 spiro atoms. The molecule has 2 N–H and O–H groups in total. The van der Waals surface area contributed by atoms with Gasteiger partial charge in [0.25, 0.3) is 0 Å². The molecule has 21 heavy (non-hydrogen) atoms. The number of aliphatic hydroxyl groups is 1. The molecule has 0 aliphatic heterocycles. The minimum absolute atomic E-state index is 0.0129. The fraction of sp³-hybridized carbons (Fsp3) is 0.600. The molecule has 0 saturated carbocycles. The summed E-state index contributed by atoms with van der Waals surface area (Å²) in [5.74, 6) is 0.546. The van der Waals surface area contributed by atoms with Crippen LogP contribution >= 0.6 is 11.6 Å². The maximum atomic E-state index is 12.2. The van der Waals surface area contributed by atoms with E-state index in [1.807, 2.05) is 13.8 Å². The van der Waals surface area contributed by atoms with Crippen molar-refractivity contribution in [3.63, 3.8) is 0 Å². The molecule has 0 heterocycles. The van der Waals surface area contributed by atoms with Crippen LogP contribution in [0.4, 0.5) is 0 Å². The first-order chi connectivity index (χ1) is 9.69. The van der Waals surface area contributed by atoms with E-state index in [2.05, 4.69) is 4.72 Å². The van der Waals surface area contributed by atoms with Crippen molar-refractivity contribution >= 4 is 21.6 Å². The molecule has 1 aromatic rings. The Morgan fingerprint density at radius 1 is 1.29 bits per heavy atom. The topological polar surface area (TPSA) is 66.4 Å². The maximum Gasteiger partial charge on any atom is 0.240 e. The first-order valence-corrected chi connectivity index (χ1v) is 9.08. The average molecular weight is 334 g/mol. The number of alkyl halides is 1. The molecule has 0 bridgehead atoms. The van der Waals surface area contributed by atoms with Crippen LogP contribution in [-0.2, 0) is 16.4 Å². The van der Waals surface area contributed by atoms with Crippen molar-refractivity contribution in [1.29, 1.82) is 0 Å². The number of rotatable bonds is 8. The number of hydrogen-bond acceptors (Lipinski definition) is 3. The summed E-state index contributed by atoms with van der Waals surface area (Å²) in [6, 6.07) is 6.75. The Labute approximate surface area is 132 Å². The second-order valence-electron chi connectivity index (χ2n) is 5.77. The second kappa shape index (κ2) is 7.58. The van der Waals surface area contributed by atoms with Crippen LogP contribution < -0.4 is 4.72 Å². The van der Waals surface area contributed by atoms with Crippen molar-refractivity contribution in [1.82, 2.24) is 4.72 Å². The lowest BCUT2D eigenvalue weighted by atomic mass is 9.93. The number of nitrogens with one attached hydrogen (secondary N) is 1. The second-order valence-corrected chi connectivity index (χ2v) is 7.92. The molecule has 0 radical (unpaired) electrons. The highest BCUT2D eigenvalue weighted by molar-refractivity contribution is 7.89. The van der Waals surface area contributed by atoms with Crippen molar-refractivity contribution in [3.05, 3.63) is 29.8 Å². The van der Waals surface area contributed by atoms with Gasteiger partial charge in [-0.2, -0.15) is 0 Å². The first-order valence-electron chi connectivity index (χ1n) is 7.06. The van der Waals surface area contributed by atoms with E-state index >= 15 is 0 Å². The summed E-state index contributed by atoms with van der Waals surface area (Å²) in [4.78, 5) is 0.205. The standard InChI is InChI=1S/C15H24ClNO3S/c1-12(2)15(3,18)11-17-21(19,20)14-8-6-13(7-9-14)5-4-10-16/h6-9,12,17-18H,4-5,10-11H2,1-3H3. The van der Waals surface area contributed by atoms with Crippen LogP contribution in [0.5, 0.6) is 0 Å². The lowest BCUT2D eigenvalue weighted by Gasteiger charge is -2.27. The van der Waals surface area contributed by atoms with Gasteiger partial charge >= 0.3 is 0 Å². The lowest BCUT2D eigenvalue weighted by molar-refractivity contribution is 0.0190. The van der Waals surface area contributed by atoms with E-state index in [1.54, 1.807) is 31.2 Å². The largest absolute Gasteiger partial charge is 0.389 e. The molecule has 0 aromatic heterocycles. The van der Waals surface area contributed by atoms with E-state index in [0.717, 1.165) is 18.4 Å². The Balaban J connectivity index is 2.74. The van der Waals surface area contributed by atoms with Crippen LogP contribution in [0.1, 0.15) is 32.8 Å². The zero-order valence-electron chi connectivity index (χ0n) is 12.8. The van der Waals surface area contributed by atoms with Gasteiger partial charge in [0.05, 0.1) is 10.5 Å². The minimum Gasteiger partial charge on any atom is -0.389 e. The maximum absolute atomic E-state index is 12.2. The number of aryl methyl sites for hydroxylation is 1. The van der Waals surface area contributed by atoms with Crippen molar-refractivity contribution < 1.29 is 13.5 Å². The highest BCUT2D eigenvalue weighted by Gasteiger charge is 2.27. The average Bonchev–Trinajstić information content (AvgIpc) is 2.43. The van der Waals surface area contributed by atoms with Gasteiger partial charge in [0.15, 0.2) is 0 Å². The molecule has 120 valence electrons. The highest BCUT2D eigenvalue weighted by Crippen LogP contribution is 2.17. The van der Waals surface area contributed by atoms with Crippen molar-refractivity contribution in [3.8, 4) is 0 Å². The predicted molar refractivity (Wildman–Crippen MR) is 86.1 cm³/mol. The summed E-state index contributed by atoms with van der Waals surface area (Å²) < 4.78 is 26.8. The van der Waals surface area contributed by atoms with E-state index in [0.29, 0.717) is 5.88 Å². The minimum atomic E-state index is -3.60.